The summed E-state index contributed by atoms with van der Waals surface area (Å²) in [5.41, 5.74) is 4.05. The summed E-state index contributed by atoms with van der Waals surface area (Å²) in [5.74, 6) is -0.129. The maximum atomic E-state index is 12.3. The van der Waals surface area contributed by atoms with E-state index in [9.17, 15) is 9.59 Å². The van der Waals surface area contributed by atoms with E-state index in [0.29, 0.717) is 22.4 Å². The Balaban J connectivity index is 1.85. The number of ketones is 1. The molecule has 120 valence electrons. The van der Waals surface area contributed by atoms with E-state index in [1.807, 2.05) is 13.8 Å². The monoisotopic (exact) mass is 320 g/mol. The highest BCUT2D eigenvalue weighted by Crippen LogP contribution is 2.18. The van der Waals surface area contributed by atoms with E-state index in [4.69, 9.17) is 4.74 Å². The van der Waals surface area contributed by atoms with Crippen LogP contribution in [-0.4, -0.2) is 21.7 Å². The molecular weight excluding hydrogens is 304 g/mol. The first-order valence-electron chi connectivity index (χ1n) is 7.52. The average molecular weight is 320 g/mol. The molecule has 5 nitrogen and oxygen atoms in total. The molecule has 0 saturated carbocycles. The summed E-state index contributed by atoms with van der Waals surface area (Å²) in [6.45, 7) is 5.26. The van der Waals surface area contributed by atoms with E-state index in [1.54, 1.807) is 42.5 Å². The Morgan fingerprint density at radius 2 is 1.42 bits per heavy atom. The van der Waals surface area contributed by atoms with E-state index in [1.165, 1.54) is 6.92 Å². The van der Waals surface area contributed by atoms with Crippen LogP contribution in [0, 0.1) is 13.8 Å². The Labute approximate surface area is 139 Å². The average Bonchev–Trinajstić information content (AvgIpc) is 2.56. The van der Waals surface area contributed by atoms with Crippen molar-refractivity contribution in [1.82, 2.24) is 9.97 Å². The van der Waals surface area contributed by atoms with Crippen molar-refractivity contribution in [2.45, 2.75) is 20.8 Å². The van der Waals surface area contributed by atoms with Gasteiger partial charge in [0.25, 0.3) is 0 Å². The fourth-order valence-electron chi connectivity index (χ4n) is 2.28. The summed E-state index contributed by atoms with van der Waals surface area (Å²) in [7, 11) is 0. The molecule has 0 atom stereocenters. The molecule has 0 radical (unpaired) electrons. The van der Waals surface area contributed by atoms with Crippen molar-refractivity contribution >= 4 is 22.8 Å². The SMILES string of the molecule is CC(=O)c1ccc(OC(=O)c2ccc3nc(C)c(C)nc3c2)cc1. The molecular formula is C19H16N2O3. The number of fused-ring (bicyclic) bond motifs is 1. The number of carbonyl (C=O) groups excluding carboxylic acids is 2. The first-order chi connectivity index (χ1) is 11.4. The van der Waals surface area contributed by atoms with Crippen molar-refractivity contribution in [3.05, 3.63) is 65.0 Å². The van der Waals surface area contributed by atoms with Gasteiger partial charge in [-0.25, -0.2) is 14.8 Å². The van der Waals surface area contributed by atoms with Gasteiger partial charge >= 0.3 is 5.97 Å². The van der Waals surface area contributed by atoms with Crippen molar-refractivity contribution in [2.75, 3.05) is 0 Å². The third-order valence-electron chi connectivity index (χ3n) is 3.78. The van der Waals surface area contributed by atoms with E-state index >= 15 is 0 Å². The molecule has 0 bridgehead atoms. The number of aromatic nitrogens is 2. The number of hydrogen-bond donors (Lipinski definition) is 0. The third kappa shape index (κ3) is 3.15. The van der Waals surface area contributed by atoms with Crippen molar-refractivity contribution < 1.29 is 14.3 Å². The standard InChI is InChI=1S/C19H16N2O3/c1-11-12(2)21-18-10-15(6-9-17(18)20-11)19(23)24-16-7-4-14(5-8-16)13(3)22/h4-10H,1-3H3. The van der Waals surface area contributed by atoms with Crippen LogP contribution in [0.3, 0.4) is 0 Å². The number of rotatable bonds is 3. The minimum Gasteiger partial charge on any atom is -0.423 e. The fraction of sp³-hybridized carbons (Fsp3) is 0.158. The highest BCUT2D eigenvalue weighted by Gasteiger charge is 2.11. The van der Waals surface area contributed by atoms with E-state index in [0.717, 1.165) is 16.9 Å². The number of Topliss-reactive ketones (excluding diaryl/α,β-unsaturated/α-hetero) is 1. The van der Waals surface area contributed by atoms with E-state index in [-0.39, 0.29) is 5.78 Å². The molecule has 0 unspecified atom stereocenters. The molecule has 0 aliphatic rings. The first kappa shape index (κ1) is 15.8. The van der Waals surface area contributed by atoms with Gasteiger partial charge in [-0.3, -0.25) is 4.79 Å². The minimum absolute atomic E-state index is 0.0355. The molecule has 2 aromatic carbocycles. The lowest BCUT2D eigenvalue weighted by molar-refractivity contribution is 0.0735. The number of hydrogen-bond acceptors (Lipinski definition) is 5. The van der Waals surface area contributed by atoms with Gasteiger partial charge in [-0.1, -0.05) is 0 Å². The van der Waals surface area contributed by atoms with Crippen LogP contribution in [0.1, 0.15) is 39.0 Å². The van der Waals surface area contributed by atoms with Crippen molar-refractivity contribution in [3.63, 3.8) is 0 Å². The van der Waals surface area contributed by atoms with Gasteiger partial charge < -0.3 is 4.74 Å². The van der Waals surface area contributed by atoms with Gasteiger partial charge in [-0.05, 0) is 63.2 Å². The quantitative estimate of drug-likeness (QED) is 0.418. The Bertz CT molecular complexity index is 947. The zero-order valence-electron chi connectivity index (χ0n) is 13.7. The lowest BCUT2D eigenvalue weighted by atomic mass is 10.1. The summed E-state index contributed by atoms with van der Waals surface area (Å²) >= 11 is 0. The van der Waals surface area contributed by atoms with Gasteiger partial charge in [0.15, 0.2) is 5.78 Å². The van der Waals surface area contributed by atoms with Gasteiger partial charge in [0.2, 0.25) is 0 Å². The molecule has 1 heterocycles. The molecule has 0 N–H and O–H groups in total. The molecule has 0 fully saturated rings. The zero-order valence-corrected chi connectivity index (χ0v) is 13.7. The molecule has 24 heavy (non-hydrogen) atoms. The Morgan fingerprint density at radius 3 is 2.04 bits per heavy atom. The van der Waals surface area contributed by atoms with Crippen LogP contribution in [0.5, 0.6) is 5.75 Å². The number of benzene rings is 2. The molecule has 0 saturated heterocycles. The minimum atomic E-state index is -0.479. The van der Waals surface area contributed by atoms with E-state index in [2.05, 4.69) is 9.97 Å². The van der Waals surface area contributed by atoms with Crippen molar-refractivity contribution in [1.29, 1.82) is 0 Å². The Kier molecular flexibility index (Phi) is 4.08. The summed E-state index contributed by atoms with van der Waals surface area (Å²) in [5, 5.41) is 0. The molecule has 0 aliphatic carbocycles. The maximum absolute atomic E-state index is 12.3. The van der Waals surface area contributed by atoms with Gasteiger partial charge in [0.1, 0.15) is 5.75 Å². The number of esters is 1. The van der Waals surface area contributed by atoms with Gasteiger partial charge in [0, 0.05) is 5.56 Å². The number of carbonyl (C=O) groups is 2. The van der Waals surface area contributed by atoms with Crippen LogP contribution in [-0.2, 0) is 0 Å². The summed E-state index contributed by atoms with van der Waals surface area (Å²) in [6, 6.07) is 11.5. The van der Waals surface area contributed by atoms with Crippen LogP contribution in [0.15, 0.2) is 42.5 Å². The molecule has 0 amide bonds. The number of nitrogens with zero attached hydrogens (tertiary/aromatic N) is 2. The smallest absolute Gasteiger partial charge is 0.343 e. The van der Waals surface area contributed by atoms with Gasteiger partial charge in [-0.2, -0.15) is 0 Å². The summed E-state index contributed by atoms with van der Waals surface area (Å²) in [4.78, 5) is 32.4. The van der Waals surface area contributed by atoms with Crippen LogP contribution >= 0.6 is 0 Å². The second-order valence-electron chi connectivity index (χ2n) is 5.57. The van der Waals surface area contributed by atoms with Crippen LogP contribution in [0.25, 0.3) is 11.0 Å². The molecule has 3 rings (SSSR count). The topological polar surface area (TPSA) is 69.2 Å². The summed E-state index contributed by atoms with van der Waals surface area (Å²) < 4.78 is 5.34. The number of ether oxygens (including phenoxy) is 1. The predicted molar refractivity (Wildman–Crippen MR) is 90.4 cm³/mol. The molecule has 3 aromatic rings. The number of aryl methyl sites for hydroxylation is 2. The van der Waals surface area contributed by atoms with Crippen molar-refractivity contribution in [3.8, 4) is 5.75 Å². The second kappa shape index (κ2) is 6.20. The van der Waals surface area contributed by atoms with E-state index < -0.39 is 5.97 Å². The molecule has 1 aromatic heterocycles. The van der Waals surface area contributed by atoms with Crippen LogP contribution < -0.4 is 4.74 Å². The largest absolute Gasteiger partial charge is 0.423 e. The molecule has 0 aliphatic heterocycles. The fourth-order valence-corrected chi connectivity index (χ4v) is 2.28. The second-order valence-corrected chi connectivity index (χ2v) is 5.57. The third-order valence-corrected chi connectivity index (χ3v) is 3.78. The van der Waals surface area contributed by atoms with Gasteiger partial charge in [-0.15, -0.1) is 0 Å². The zero-order chi connectivity index (χ0) is 17.3. The molecule has 0 spiro atoms. The summed E-state index contributed by atoms with van der Waals surface area (Å²) in [6.07, 6.45) is 0. The lowest BCUT2D eigenvalue weighted by Gasteiger charge is -2.07. The predicted octanol–water partition coefficient (Wildman–Crippen LogP) is 3.67. The van der Waals surface area contributed by atoms with Gasteiger partial charge in [0.05, 0.1) is 28.0 Å². The molecule has 5 heteroatoms. The normalized spacial score (nSPS) is 10.6. The first-order valence-corrected chi connectivity index (χ1v) is 7.52. The Morgan fingerprint density at radius 1 is 0.833 bits per heavy atom. The van der Waals surface area contributed by atoms with Crippen LogP contribution in [0.4, 0.5) is 0 Å². The van der Waals surface area contributed by atoms with Crippen LogP contribution in [0.2, 0.25) is 0 Å². The van der Waals surface area contributed by atoms with Crippen molar-refractivity contribution in [2.24, 2.45) is 0 Å². The lowest BCUT2D eigenvalue weighted by Crippen LogP contribution is -2.09. The maximum Gasteiger partial charge on any atom is 0.343 e. The highest BCUT2D eigenvalue weighted by atomic mass is 16.5. The highest BCUT2D eigenvalue weighted by molar-refractivity contribution is 5.95. The Hall–Kier alpha value is -3.08.